The number of hydrogen-bond donors (Lipinski definition) is 1. The van der Waals surface area contributed by atoms with E-state index in [1.54, 1.807) is 0 Å². The Morgan fingerprint density at radius 2 is 1.86 bits per heavy atom. The third-order valence-electron chi connectivity index (χ3n) is 2.73. The van der Waals surface area contributed by atoms with Gasteiger partial charge in [-0.05, 0) is 18.8 Å². The molecule has 1 rings (SSSR count). The van der Waals surface area contributed by atoms with Crippen molar-refractivity contribution in [2.24, 2.45) is 0 Å². The Kier molecular flexibility index (Phi) is 3.55. The van der Waals surface area contributed by atoms with Crippen molar-refractivity contribution in [3.8, 4) is 0 Å². The minimum absolute atomic E-state index is 0.386. The van der Waals surface area contributed by atoms with Gasteiger partial charge in [-0.3, -0.25) is 0 Å². The van der Waals surface area contributed by atoms with E-state index in [2.05, 4.69) is 32.9 Å². The Morgan fingerprint density at radius 1 is 1.29 bits per heavy atom. The maximum atomic E-state index is 5.76. The highest BCUT2D eigenvalue weighted by Crippen LogP contribution is 2.33. The first-order valence-electron chi connectivity index (χ1n) is 5.36. The Morgan fingerprint density at radius 3 is 2.29 bits per heavy atom. The van der Waals surface area contributed by atoms with Crippen LogP contribution in [0.3, 0.4) is 0 Å². The van der Waals surface area contributed by atoms with Gasteiger partial charge in [0.1, 0.15) is 0 Å². The zero-order chi connectivity index (χ0) is 10.7. The van der Waals surface area contributed by atoms with Crippen molar-refractivity contribution in [3.63, 3.8) is 0 Å². The summed E-state index contributed by atoms with van der Waals surface area (Å²) in [6.07, 6.45) is 2.17. The molecule has 1 aromatic rings. The lowest BCUT2D eigenvalue weighted by molar-refractivity contribution is 0.416. The van der Waals surface area contributed by atoms with Crippen LogP contribution in [0.15, 0.2) is 4.52 Å². The zero-order valence-corrected chi connectivity index (χ0v) is 9.50. The van der Waals surface area contributed by atoms with Crippen molar-refractivity contribution < 1.29 is 4.52 Å². The molecule has 0 aromatic carbocycles. The van der Waals surface area contributed by atoms with E-state index < -0.39 is 0 Å². The van der Waals surface area contributed by atoms with E-state index in [0.29, 0.717) is 17.7 Å². The van der Waals surface area contributed by atoms with Crippen LogP contribution in [0.25, 0.3) is 0 Å². The largest absolute Gasteiger partial charge is 0.367 e. The topological polar surface area (TPSA) is 52.0 Å². The van der Waals surface area contributed by atoms with Crippen LogP contribution in [0.1, 0.15) is 63.6 Å². The van der Waals surface area contributed by atoms with Crippen molar-refractivity contribution in [2.75, 3.05) is 5.73 Å². The zero-order valence-electron chi connectivity index (χ0n) is 9.50. The fourth-order valence-electron chi connectivity index (χ4n) is 1.87. The van der Waals surface area contributed by atoms with Crippen molar-refractivity contribution in [1.82, 2.24) is 5.16 Å². The maximum Gasteiger partial charge on any atom is 0.225 e. The fourth-order valence-corrected chi connectivity index (χ4v) is 1.87. The Balaban J connectivity index is 3.07. The van der Waals surface area contributed by atoms with Gasteiger partial charge in [-0.15, -0.1) is 0 Å². The van der Waals surface area contributed by atoms with Crippen LogP contribution in [-0.2, 0) is 0 Å². The molecule has 0 aliphatic rings. The molecule has 0 radical (unpaired) electrons. The number of hydrogen-bond acceptors (Lipinski definition) is 3. The van der Waals surface area contributed by atoms with Gasteiger partial charge in [0.25, 0.3) is 0 Å². The molecule has 3 heteroatoms. The second-order valence-electron chi connectivity index (χ2n) is 4.01. The van der Waals surface area contributed by atoms with E-state index in [9.17, 15) is 0 Å². The van der Waals surface area contributed by atoms with Crippen LogP contribution in [0.5, 0.6) is 0 Å². The molecule has 0 unspecified atom stereocenters. The predicted molar refractivity (Wildman–Crippen MR) is 58.3 cm³/mol. The van der Waals surface area contributed by atoms with Crippen LogP contribution >= 0.6 is 0 Å². The van der Waals surface area contributed by atoms with Gasteiger partial charge in [0.15, 0.2) is 0 Å². The summed E-state index contributed by atoms with van der Waals surface area (Å²) < 4.78 is 5.07. The lowest BCUT2D eigenvalue weighted by Crippen LogP contribution is -2.02. The molecule has 3 nitrogen and oxygen atoms in total. The minimum atomic E-state index is 0.386. The number of nitrogens with zero attached hydrogens (tertiary/aromatic N) is 1. The lowest BCUT2D eigenvalue weighted by atomic mass is 9.91. The SMILES string of the molecule is CCC(CC)c1noc(N)c1C(C)C. The Bertz CT molecular complexity index is 287. The molecule has 0 saturated heterocycles. The van der Waals surface area contributed by atoms with Crippen LogP contribution in [0.4, 0.5) is 5.88 Å². The average molecular weight is 196 g/mol. The number of rotatable bonds is 4. The highest BCUT2D eigenvalue weighted by molar-refractivity contribution is 5.42. The van der Waals surface area contributed by atoms with Crippen molar-refractivity contribution in [3.05, 3.63) is 11.3 Å². The molecule has 0 aliphatic heterocycles. The number of anilines is 1. The molecule has 0 fully saturated rings. The first kappa shape index (κ1) is 11.1. The average Bonchev–Trinajstić information content (AvgIpc) is 2.50. The normalized spacial score (nSPS) is 11.6. The van der Waals surface area contributed by atoms with E-state index in [1.807, 2.05) is 0 Å². The molecule has 0 amide bonds. The third-order valence-corrected chi connectivity index (χ3v) is 2.73. The lowest BCUT2D eigenvalue weighted by Gasteiger charge is -2.12. The molecule has 80 valence electrons. The second-order valence-corrected chi connectivity index (χ2v) is 4.01. The van der Waals surface area contributed by atoms with Crippen molar-refractivity contribution in [2.45, 2.75) is 52.4 Å². The Labute approximate surface area is 85.7 Å². The van der Waals surface area contributed by atoms with E-state index in [0.717, 1.165) is 24.1 Å². The fraction of sp³-hybridized carbons (Fsp3) is 0.727. The molecule has 2 N–H and O–H groups in total. The summed E-state index contributed by atoms with van der Waals surface area (Å²) in [5.74, 6) is 1.35. The highest BCUT2D eigenvalue weighted by Gasteiger charge is 2.21. The van der Waals surface area contributed by atoms with Gasteiger partial charge < -0.3 is 10.3 Å². The molecule has 0 aliphatic carbocycles. The number of nitrogens with two attached hydrogens (primary N) is 1. The standard InChI is InChI=1S/C11H20N2O/c1-5-8(6-2)10-9(7(3)4)11(12)14-13-10/h7-8H,5-6,12H2,1-4H3. The monoisotopic (exact) mass is 196 g/mol. The molecule has 0 atom stereocenters. The summed E-state index contributed by atoms with van der Waals surface area (Å²) in [5, 5.41) is 4.08. The van der Waals surface area contributed by atoms with Gasteiger partial charge in [0.05, 0.1) is 5.69 Å². The van der Waals surface area contributed by atoms with Crippen molar-refractivity contribution in [1.29, 1.82) is 0 Å². The molecule has 0 spiro atoms. The highest BCUT2D eigenvalue weighted by atomic mass is 16.5. The molecular weight excluding hydrogens is 176 g/mol. The summed E-state index contributed by atoms with van der Waals surface area (Å²) >= 11 is 0. The van der Waals surface area contributed by atoms with Gasteiger partial charge in [-0.1, -0.05) is 32.9 Å². The van der Waals surface area contributed by atoms with Crippen molar-refractivity contribution >= 4 is 5.88 Å². The summed E-state index contributed by atoms with van der Waals surface area (Å²) in [6.45, 7) is 8.58. The minimum Gasteiger partial charge on any atom is -0.367 e. The summed E-state index contributed by atoms with van der Waals surface area (Å²) in [5.41, 5.74) is 7.91. The molecule has 0 saturated carbocycles. The van der Waals surface area contributed by atoms with E-state index in [4.69, 9.17) is 10.3 Å². The summed E-state index contributed by atoms with van der Waals surface area (Å²) in [6, 6.07) is 0. The van der Waals surface area contributed by atoms with Gasteiger partial charge in [-0.2, -0.15) is 0 Å². The van der Waals surface area contributed by atoms with Crippen LogP contribution in [0, 0.1) is 0 Å². The quantitative estimate of drug-likeness (QED) is 0.804. The van der Waals surface area contributed by atoms with Gasteiger partial charge >= 0.3 is 0 Å². The van der Waals surface area contributed by atoms with Gasteiger partial charge in [-0.25, -0.2) is 0 Å². The van der Waals surface area contributed by atoms with Gasteiger partial charge in [0, 0.05) is 11.5 Å². The van der Waals surface area contributed by atoms with E-state index in [-0.39, 0.29) is 0 Å². The first-order valence-corrected chi connectivity index (χ1v) is 5.36. The smallest absolute Gasteiger partial charge is 0.225 e. The second kappa shape index (κ2) is 4.49. The molecule has 1 aromatic heterocycles. The predicted octanol–water partition coefficient (Wildman–Crippen LogP) is 3.28. The molecule has 0 bridgehead atoms. The molecule has 1 heterocycles. The van der Waals surface area contributed by atoms with Crippen LogP contribution in [0.2, 0.25) is 0 Å². The molecule has 14 heavy (non-hydrogen) atoms. The summed E-state index contributed by atoms with van der Waals surface area (Å²) in [4.78, 5) is 0. The van der Waals surface area contributed by atoms with E-state index >= 15 is 0 Å². The van der Waals surface area contributed by atoms with Gasteiger partial charge in [0.2, 0.25) is 5.88 Å². The maximum absolute atomic E-state index is 5.76. The van der Waals surface area contributed by atoms with E-state index in [1.165, 1.54) is 0 Å². The number of aromatic nitrogens is 1. The third kappa shape index (κ3) is 1.91. The Hall–Kier alpha value is -0.990. The van der Waals surface area contributed by atoms with Crippen LogP contribution < -0.4 is 5.73 Å². The first-order chi connectivity index (χ1) is 6.61. The molecular formula is C11H20N2O. The summed E-state index contributed by atoms with van der Waals surface area (Å²) in [7, 11) is 0. The van der Waals surface area contributed by atoms with Crippen LogP contribution in [-0.4, -0.2) is 5.16 Å². The number of nitrogen functional groups attached to an aromatic ring is 1.